The fourth-order valence-electron chi connectivity index (χ4n) is 9.81. The molecule has 0 saturated heterocycles. The number of aliphatic carboxylic acids is 1. The van der Waals surface area contributed by atoms with Gasteiger partial charge in [0.15, 0.2) is 0 Å². The van der Waals surface area contributed by atoms with Gasteiger partial charge < -0.3 is 15.3 Å². The molecule has 0 bridgehead atoms. The maximum atomic E-state index is 12.9. The first-order valence-corrected chi connectivity index (χ1v) is 13.6. The van der Waals surface area contributed by atoms with Crippen LogP contribution in [0.4, 0.5) is 0 Å². The zero-order chi connectivity index (χ0) is 26.2. The van der Waals surface area contributed by atoms with Crippen LogP contribution in [0.1, 0.15) is 93.4 Å². The standard InChI is InChI=1S/C30H46O5/c1-18(9-8-10-19(2)25(33)34)20-13-15-27(5)22-12-11-21-26(3,4)23(31)14-16-28(21,6)30(22,35)24(32)17-29(20,27)7/h8-10,18,20-22,24,32,35H,11-17H2,1-7H3,(H,33,34)/b9-8+,19-10+/t18-,20-,21+,22?,24+,27+,28+,29-,30+/m1/s1. The summed E-state index contributed by atoms with van der Waals surface area (Å²) in [6.07, 6.45) is 10.3. The Morgan fingerprint density at radius 3 is 2.26 bits per heavy atom. The monoisotopic (exact) mass is 486 g/mol. The molecule has 4 rings (SSSR count). The lowest BCUT2D eigenvalue weighted by Crippen LogP contribution is -2.75. The van der Waals surface area contributed by atoms with Crippen molar-refractivity contribution in [3.8, 4) is 0 Å². The molecule has 1 unspecified atom stereocenters. The van der Waals surface area contributed by atoms with Gasteiger partial charge in [-0.3, -0.25) is 4.79 Å². The number of rotatable bonds is 4. The minimum atomic E-state index is -1.20. The van der Waals surface area contributed by atoms with E-state index in [-0.39, 0.29) is 34.4 Å². The van der Waals surface area contributed by atoms with Crippen LogP contribution in [0.5, 0.6) is 0 Å². The minimum absolute atomic E-state index is 0.00988. The maximum Gasteiger partial charge on any atom is 0.331 e. The molecule has 0 spiro atoms. The molecular formula is C30H46O5. The van der Waals surface area contributed by atoms with Gasteiger partial charge in [0, 0.05) is 22.8 Å². The lowest BCUT2D eigenvalue weighted by atomic mass is 9.35. The Morgan fingerprint density at radius 1 is 1.00 bits per heavy atom. The van der Waals surface area contributed by atoms with Crippen LogP contribution < -0.4 is 0 Å². The highest BCUT2D eigenvalue weighted by atomic mass is 16.4. The predicted octanol–water partition coefficient (Wildman–Crippen LogP) is 5.55. The summed E-state index contributed by atoms with van der Waals surface area (Å²) in [6, 6.07) is 0. The highest BCUT2D eigenvalue weighted by Crippen LogP contribution is 2.75. The first-order chi connectivity index (χ1) is 16.1. The van der Waals surface area contributed by atoms with E-state index in [1.807, 2.05) is 19.9 Å². The maximum absolute atomic E-state index is 12.9. The molecule has 4 saturated carbocycles. The molecule has 196 valence electrons. The van der Waals surface area contributed by atoms with Crippen molar-refractivity contribution in [2.24, 2.45) is 45.3 Å². The van der Waals surface area contributed by atoms with E-state index < -0.39 is 28.5 Å². The first-order valence-electron chi connectivity index (χ1n) is 13.6. The van der Waals surface area contributed by atoms with E-state index in [2.05, 4.69) is 33.8 Å². The van der Waals surface area contributed by atoms with Crippen LogP contribution in [-0.4, -0.2) is 38.8 Å². The van der Waals surface area contributed by atoms with E-state index in [1.54, 1.807) is 13.0 Å². The summed E-state index contributed by atoms with van der Waals surface area (Å²) in [7, 11) is 0. The first kappa shape index (κ1) is 26.6. The average molecular weight is 487 g/mol. The number of carboxylic acid groups (broad SMARTS) is 1. The van der Waals surface area contributed by atoms with Crippen molar-refractivity contribution in [2.75, 3.05) is 0 Å². The quantitative estimate of drug-likeness (QED) is 0.358. The van der Waals surface area contributed by atoms with Crippen molar-refractivity contribution >= 4 is 11.8 Å². The predicted molar refractivity (Wildman–Crippen MR) is 137 cm³/mol. The lowest BCUT2D eigenvalue weighted by Gasteiger charge is -2.71. The summed E-state index contributed by atoms with van der Waals surface area (Å²) >= 11 is 0. The van der Waals surface area contributed by atoms with Crippen molar-refractivity contribution in [3.63, 3.8) is 0 Å². The topological polar surface area (TPSA) is 94.8 Å². The molecule has 4 fully saturated rings. The number of fused-ring (bicyclic) bond motifs is 5. The van der Waals surface area contributed by atoms with Gasteiger partial charge in [-0.1, -0.05) is 59.8 Å². The number of ketones is 1. The molecule has 0 aromatic carbocycles. The third-order valence-corrected chi connectivity index (χ3v) is 12.1. The Labute approximate surface area is 211 Å². The van der Waals surface area contributed by atoms with Crippen molar-refractivity contribution < 1.29 is 24.9 Å². The molecule has 9 atom stereocenters. The fraction of sp³-hybridized carbons (Fsp3) is 0.800. The number of aliphatic hydroxyl groups excluding tert-OH is 1. The molecule has 3 N–H and O–H groups in total. The van der Waals surface area contributed by atoms with Gasteiger partial charge in [0.25, 0.3) is 0 Å². The average Bonchev–Trinajstić information content (AvgIpc) is 3.03. The van der Waals surface area contributed by atoms with Gasteiger partial charge in [0.05, 0.1) is 11.7 Å². The number of hydrogen-bond acceptors (Lipinski definition) is 4. The van der Waals surface area contributed by atoms with E-state index in [1.165, 1.54) is 0 Å². The molecule has 0 amide bonds. The summed E-state index contributed by atoms with van der Waals surface area (Å²) in [5.74, 6) is 0.0200. The van der Waals surface area contributed by atoms with Crippen molar-refractivity contribution in [1.29, 1.82) is 0 Å². The van der Waals surface area contributed by atoms with E-state index in [4.69, 9.17) is 5.11 Å². The molecule has 4 aliphatic rings. The molecule has 5 heteroatoms. The summed E-state index contributed by atoms with van der Waals surface area (Å²) < 4.78 is 0. The third-order valence-electron chi connectivity index (χ3n) is 12.1. The van der Waals surface area contributed by atoms with E-state index >= 15 is 0 Å². The molecule has 5 nitrogen and oxygen atoms in total. The van der Waals surface area contributed by atoms with Crippen LogP contribution in [0.25, 0.3) is 0 Å². The molecule has 0 aromatic heterocycles. The van der Waals surface area contributed by atoms with Crippen LogP contribution in [0.15, 0.2) is 23.8 Å². The third kappa shape index (κ3) is 3.40. The van der Waals surface area contributed by atoms with Crippen molar-refractivity contribution in [2.45, 2.75) is 105 Å². The molecule has 0 heterocycles. The summed E-state index contributed by atoms with van der Waals surface area (Å²) in [4.78, 5) is 24.0. The number of carbonyl (C=O) groups excluding carboxylic acids is 1. The smallest absolute Gasteiger partial charge is 0.331 e. The van der Waals surface area contributed by atoms with Gasteiger partial charge in [-0.15, -0.1) is 0 Å². The van der Waals surface area contributed by atoms with E-state index in [0.717, 1.165) is 25.7 Å². The van der Waals surface area contributed by atoms with Crippen LogP contribution >= 0.6 is 0 Å². The Morgan fingerprint density at radius 2 is 1.63 bits per heavy atom. The molecule has 35 heavy (non-hydrogen) atoms. The number of allylic oxidation sites excluding steroid dienone is 3. The molecule has 0 aromatic rings. The zero-order valence-corrected chi connectivity index (χ0v) is 22.7. The molecule has 0 radical (unpaired) electrons. The molecule has 0 aliphatic heterocycles. The van der Waals surface area contributed by atoms with Crippen LogP contribution in [-0.2, 0) is 9.59 Å². The number of Topliss-reactive ketones (excluding diaryl/α,β-unsaturated/α-hetero) is 1. The van der Waals surface area contributed by atoms with E-state index in [0.29, 0.717) is 30.8 Å². The second-order valence-electron chi connectivity index (χ2n) is 13.7. The van der Waals surface area contributed by atoms with Gasteiger partial charge in [-0.25, -0.2) is 4.79 Å². The van der Waals surface area contributed by atoms with Crippen LogP contribution in [0.2, 0.25) is 0 Å². The largest absolute Gasteiger partial charge is 0.478 e. The summed E-state index contributed by atoms with van der Waals surface area (Å²) in [5.41, 5.74) is -2.10. The van der Waals surface area contributed by atoms with Crippen LogP contribution in [0, 0.1) is 45.3 Å². The number of hydrogen-bond donors (Lipinski definition) is 3. The molecule has 4 aliphatic carbocycles. The van der Waals surface area contributed by atoms with Crippen molar-refractivity contribution in [3.05, 3.63) is 23.8 Å². The second-order valence-corrected chi connectivity index (χ2v) is 13.7. The SMILES string of the molecule is C/C(=C\C=C\[C@@H](C)[C@H]1CC[C@@]2(C)C3CC[C@H]4C(C)(C)C(=O)CC[C@]4(C)[C@@]3(O)[C@@H](O)C[C@]12C)C(=O)O. The van der Waals surface area contributed by atoms with Gasteiger partial charge in [-0.05, 0) is 80.0 Å². The zero-order valence-electron chi connectivity index (χ0n) is 22.7. The Kier molecular flexibility index (Phi) is 6.29. The number of carboxylic acids is 1. The highest BCUT2D eigenvalue weighted by Gasteiger charge is 2.75. The summed E-state index contributed by atoms with van der Waals surface area (Å²) in [6.45, 7) is 14.7. The normalized spacial score (nSPS) is 48.3. The summed E-state index contributed by atoms with van der Waals surface area (Å²) in [5, 5.41) is 33.5. The number of aliphatic hydroxyl groups is 2. The van der Waals surface area contributed by atoms with Gasteiger partial charge in [0.2, 0.25) is 0 Å². The second kappa shape index (κ2) is 8.28. The number of carbonyl (C=O) groups is 2. The van der Waals surface area contributed by atoms with Crippen molar-refractivity contribution in [1.82, 2.24) is 0 Å². The molecular weight excluding hydrogens is 440 g/mol. The van der Waals surface area contributed by atoms with Gasteiger partial charge >= 0.3 is 5.97 Å². The van der Waals surface area contributed by atoms with Gasteiger partial charge in [0.1, 0.15) is 5.78 Å². The Hall–Kier alpha value is -1.46. The lowest BCUT2D eigenvalue weighted by molar-refractivity contribution is -0.308. The van der Waals surface area contributed by atoms with Crippen LogP contribution in [0.3, 0.4) is 0 Å². The van der Waals surface area contributed by atoms with Gasteiger partial charge in [-0.2, -0.15) is 0 Å². The highest BCUT2D eigenvalue weighted by molar-refractivity contribution is 5.86. The van der Waals surface area contributed by atoms with E-state index in [9.17, 15) is 19.8 Å². The minimum Gasteiger partial charge on any atom is -0.478 e. The fourth-order valence-corrected chi connectivity index (χ4v) is 9.81. The Balaban J connectivity index is 1.69. The Bertz CT molecular complexity index is 964.